The summed E-state index contributed by atoms with van der Waals surface area (Å²) in [5.74, 6) is -0.284. The summed E-state index contributed by atoms with van der Waals surface area (Å²) < 4.78 is 54.0. The van der Waals surface area contributed by atoms with E-state index in [1.165, 1.54) is 18.4 Å². The molecule has 1 aromatic carbocycles. The molecule has 3 rings (SSSR count). The molecule has 2 aromatic rings. The van der Waals surface area contributed by atoms with Crippen LogP contribution < -0.4 is 10.1 Å². The van der Waals surface area contributed by atoms with Crippen molar-refractivity contribution in [2.75, 3.05) is 13.2 Å². The van der Waals surface area contributed by atoms with Crippen LogP contribution in [0.3, 0.4) is 0 Å². The lowest BCUT2D eigenvalue weighted by atomic mass is 10.1. The third-order valence-electron chi connectivity index (χ3n) is 4.07. The van der Waals surface area contributed by atoms with Gasteiger partial charge < -0.3 is 19.2 Å². The fraction of sp³-hybridized carbons (Fsp3) is 0.444. The van der Waals surface area contributed by atoms with Crippen LogP contribution in [0.4, 0.5) is 13.2 Å². The Kier molecular flexibility index (Phi) is 6.00. The van der Waals surface area contributed by atoms with E-state index in [0.29, 0.717) is 13.2 Å². The summed E-state index contributed by atoms with van der Waals surface area (Å²) in [5, 5.41) is 2.73. The highest BCUT2D eigenvalue weighted by molar-refractivity contribution is 5.91. The van der Waals surface area contributed by atoms with Crippen molar-refractivity contribution in [1.82, 2.24) is 10.3 Å². The van der Waals surface area contributed by atoms with Crippen LogP contribution in [0, 0.1) is 0 Å². The quantitative estimate of drug-likeness (QED) is 0.824. The van der Waals surface area contributed by atoms with Gasteiger partial charge in [0.2, 0.25) is 5.89 Å². The number of hydrogen-bond acceptors (Lipinski definition) is 5. The fourth-order valence-electron chi connectivity index (χ4n) is 2.65. The Bertz CT molecular complexity index is 770. The van der Waals surface area contributed by atoms with E-state index in [2.05, 4.69) is 10.3 Å². The van der Waals surface area contributed by atoms with Crippen LogP contribution in [-0.2, 0) is 17.5 Å². The molecule has 6 nitrogen and oxygen atoms in total. The minimum Gasteiger partial charge on any atom is -0.484 e. The lowest BCUT2D eigenvalue weighted by Crippen LogP contribution is -2.35. The van der Waals surface area contributed by atoms with Gasteiger partial charge in [-0.1, -0.05) is 6.07 Å². The van der Waals surface area contributed by atoms with Crippen LogP contribution >= 0.6 is 0 Å². The van der Waals surface area contributed by atoms with Gasteiger partial charge in [0, 0.05) is 13.2 Å². The van der Waals surface area contributed by atoms with Crippen molar-refractivity contribution in [3.8, 4) is 5.75 Å². The minimum atomic E-state index is -4.45. The molecule has 2 heterocycles. The molecule has 1 aliphatic heterocycles. The van der Waals surface area contributed by atoms with Crippen LogP contribution in [-0.4, -0.2) is 30.1 Å². The number of alkyl halides is 3. The standard InChI is InChI=1S/C18H19F3N2O4/c19-18(20,21)12-4-3-6-13(8-12)26-11-16-23-15(10-27-16)17(24)22-9-14-5-1-2-7-25-14/h3-4,6,8,10,14H,1-2,5,7,9,11H2,(H,22,24)/t14-/m1/s1. The molecule has 146 valence electrons. The smallest absolute Gasteiger partial charge is 0.416 e. The predicted molar refractivity (Wildman–Crippen MR) is 88.2 cm³/mol. The molecule has 9 heteroatoms. The fourth-order valence-corrected chi connectivity index (χ4v) is 2.65. The van der Waals surface area contributed by atoms with Gasteiger partial charge in [-0.25, -0.2) is 4.98 Å². The van der Waals surface area contributed by atoms with Crippen LogP contribution in [0.1, 0.15) is 41.2 Å². The molecule has 1 aliphatic rings. The Balaban J connectivity index is 1.51. The summed E-state index contributed by atoms with van der Waals surface area (Å²) in [5.41, 5.74) is -0.731. The molecular weight excluding hydrogens is 365 g/mol. The molecular formula is C18H19F3N2O4. The van der Waals surface area contributed by atoms with Crippen molar-refractivity contribution >= 4 is 5.91 Å². The Morgan fingerprint density at radius 2 is 2.19 bits per heavy atom. The monoisotopic (exact) mass is 384 g/mol. The second-order valence-corrected chi connectivity index (χ2v) is 6.14. The number of amides is 1. The lowest BCUT2D eigenvalue weighted by Gasteiger charge is -2.22. The Hall–Kier alpha value is -2.55. The van der Waals surface area contributed by atoms with Gasteiger partial charge in [-0.15, -0.1) is 0 Å². The number of ether oxygens (including phenoxy) is 2. The van der Waals surface area contributed by atoms with Gasteiger partial charge in [0.05, 0.1) is 11.7 Å². The maximum Gasteiger partial charge on any atom is 0.416 e. The zero-order valence-corrected chi connectivity index (χ0v) is 14.4. The molecule has 0 bridgehead atoms. The molecule has 0 spiro atoms. The summed E-state index contributed by atoms with van der Waals surface area (Å²) in [4.78, 5) is 16.1. The first kappa shape index (κ1) is 19.2. The van der Waals surface area contributed by atoms with Crippen LogP contribution in [0.15, 0.2) is 34.9 Å². The Morgan fingerprint density at radius 3 is 2.93 bits per heavy atom. The highest BCUT2D eigenvalue weighted by Crippen LogP contribution is 2.31. The SMILES string of the molecule is O=C(NC[C@H]1CCCCO1)c1coc(COc2cccc(C(F)(F)F)c2)n1. The van der Waals surface area contributed by atoms with Crippen molar-refractivity contribution in [3.05, 3.63) is 47.7 Å². The van der Waals surface area contributed by atoms with E-state index < -0.39 is 17.6 Å². The topological polar surface area (TPSA) is 73.6 Å². The molecule has 0 unspecified atom stereocenters. The number of nitrogens with one attached hydrogen (secondary N) is 1. The van der Waals surface area contributed by atoms with Crippen molar-refractivity contribution in [3.63, 3.8) is 0 Å². The van der Waals surface area contributed by atoms with Crippen molar-refractivity contribution in [2.45, 2.75) is 38.1 Å². The van der Waals surface area contributed by atoms with Gasteiger partial charge in [-0.2, -0.15) is 13.2 Å². The van der Waals surface area contributed by atoms with Gasteiger partial charge in [0.1, 0.15) is 12.0 Å². The first-order valence-corrected chi connectivity index (χ1v) is 8.56. The highest BCUT2D eigenvalue weighted by Gasteiger charge is 2.30. The highest BCUT2D eigenvalue weighted by atomic mass is 19.4. The zero-order chi connectivity index (χ0) is 19.3. The first-order valence-electron chi connectivity index (χ1n) is 8.56. The van der Waals surface area contributed by atoms with E-state index in [1.807, 2.05) is 0 Å². The second kappa shape index (κ2) is 8.43. The number of hydrogen-bond donors (Lipinski definition) is 1. The van der Waals surface area contributed by atoms with Crippen LogP contribution in [0.25, 0.3) is 0 Å². The number of oxazole rings is 1. The molecule has 0 radical (unpaired) electrons. The summed E-state index contributed by atoms with van der Waals surface area (Å²) >= 11 is 0. The van der Waals surface area contributed by atoms with Gasteiger partial charge in [-0.3, -0.25) is 4.79 Å². The van der Waals surface area contributed by atoms with Crippen LogP contribution in [0.5, 0.6) is 5.75 Å². The predicted octanol–water partition coefficient (Wildman–Crippen LogP) is 3.57. The number of benzene rings is 1. The van der Waals surface area contributed by atoms with E-state index in [0.717, 1.165) is 31.4 Å². The molecule has 1 fully saturated rings. The summed E-state index contributed by atoms with van der Waals surface area (Å²) in [6.45, 7) is 0.892. The molecule has 27 heavy (non-hydrogen) atoms. The second-order valence-electron chi connectivity index (χ2n) is 6.14. The van der Waals surface area contributed by atoms with Gasteiger partial charge in [-0.05, 0) is 37.5 Å². The molecule has 0 aliphatic carbocycles. The average molecular weight is 384 g/mol. The summed E-state index contributed by atoms with van der Waals surface area (Å²) in [6.07, 6.45) is -0.268. The van der Waals surface area contributed by atoms with E-state index in [9.17, 15) is 18.0 Å². The molecule has 1 saturated heterocycles. The zero-order valence-electron chi connectivity index (χ0n) is 14.4. The lowest BCUT2D eigenvalue weighted by molar-refractivity contribution is -0.137. The van der Waals surface area contributed by atoms with Crippen LogP contribution in [0.2, 0.25) is 0 Å². The number of nitrogens with zero attached hydrogens (tertiary/aromatic N) is 1. The molecule has 1 atom stereocenters. The van der Waals surface area contributed by atoms with Crippen molar-refractivity contribution in [1.29, 1.82) is 0 Å². The Morgan fingerprint density at radius 1 is 1.33 bits per heavy atom. The van der Waals surface area contributed by atoms with E-state index in [1.54, 1.807) is 0 Å². The van der Waals surface area contributed by atoms with E-state index >= 15 is 0 Å². The third kappa shape index (κ3) is 5.46. The van der Waals surface area contributed by atoms with E-state index in [-0.39, 0.29) is 30.0 Å². The molecule has 1 aromatic heterocycles. The third-order valence-corrected chi connectivity index (χ3v) is 4.07. The largest absolute Gasteiger partial charge is 0.484 e. The maximum absolute atomic E-state index is 12.7. The van der Waals surface area contributed by atoms with Crippen molar-refractivity contribution < 1.29 is 31.9 Å². The average Bonchev–Trinajstić information content (AvgIpc) is 3.14. The molecule has 1 amide bonds. The van der Waals surface area contributed by atoms with Gasteiger partial charge >= 0.3 is 6.18 Å². The van der Waals surface area contributed by atoms with E-state index in [4.69, 9.17) is 13.9 Å². The van der Waals surface area contributed by atoms with Crippen molar-refractivity contribution in [2.24, 2.45) is 0 Å². The Labute approximate surface area is 153 Å². The normalized spacial score (nSPS) is 17.5. The number of aromatic nitrogens is 1. The molecule has 0 saturated carbocycles. The number of halogens is 3. The first-order chi connectivity index (χ1) is 12.9. The van der Waals surface area contributed by atoms with Gasteiger partial charge in [0.15, 0.2) is 12.3 Å². The van der Waals surface area contributed by atoms with Gasteiger partial charge in [0.25, 0.3) is 5.91 Å². The maximum atomic E-state index is 12.7. The molecule has 1 N–H and O–H groups in total. The summed E-state index contributed by atoms with van der Waals surface area (Å²) in [6, 6.07) is 4.49. The number of carbonyl (C=O) groups is 1. The minimum absolute atomic E-state index is 0.00156. The number of rotatable bonds is 6. The number of carbonyl (C=O) groups excluding carboxylic acids is 1. The summed E-state index contributed by atoms with van der Waals surface area (Å²) in [7, 11) is 0.